The van der Waals surface area contributed by atoms with Gasteiger partial charge < -0.3 is 4.74 Å². The van der Waals surface area contributed by atoms with Crippen molar-refractivity contribution in [2.75, 3.05) is 6.61 Å². The van der Waals surface area contributed by atoms with Gasteiger partial charge in [-0.2, -0.15) is 13.2 Å². The number of alkyl halides is 3. The van der Waals surface area contributed by atoms with Gasteiger partial charge in [-0.25, -0.2) is 4.79 Å². The second-order valence-electron chi connectivity index (χ2n) is 3.60. The Labute approximate surface area is 80.4 Å². The first-order chi connectivity index (χ1) is 6.50. The lowest BCUT2D eigenvalue weighted by atomic mass is 9.90. The van der Waals surface area contributed by atoms with E-state index < -0.39 is 12.1 Å². The molecule has 5 heteroatoms. The third-order valence-electron chi connectivity index (χ3n) is 2.41. The summed E-state index contributed by atoms with van der Waals surface area (Å²) >= 11 is 0. The zero-order valence-electron chi connectivity index (χ0n) is 7.77. The van der Waals surface area contributed by atoms with Crippen LogP contribution >= 0.6 is 0 Å². The van der Waals surface area contributed by atoms with E-state index >= 15 is 0 Å². The number of rotatable bonds is 2. The molecular formula is C9H13F3O2. The predicted octanol–water partition coefficient (Wildman–Crippen LogP) is 2.67. The summed E-state index contributed by atoms with van der Waals surface area (Å²) in [6.07, 6.45) is 0.0527. The van der Waals surface area contributed by atoms with E-state index in [1.165, 1.54) is 0 Å². The highest BCUT2D eigenvalue weighted by Gasteiger charge is 2.41. The van der Waals surface area contributed by atoms with Crippen LogP contribution in [0.5, 0.6) is 0 Å². The van der Waals surface area contributed by atoms with Gasteiger partial charge in [-0.1, -0.05) is 19.3 Å². The number of esters is 1. The maximum atomic E-state index is 11.7. The molecule has 2 nitrogen and oxygen atoms in total. The molecule has 1 aliphatic rings. The fraction of sp³-hybridized carbons (Fsp3) is 0.889. The maximum Gasteiger partial charge on any atom is 0.490 e. The Morgan fingerprint density at radius 3 is 2.29 bits per heavy atom. The molecule has 1 aliphatic carbocycles. The van der Waals surface area contributed by atoms with Gasteiger partial charge in [-0.3, -0.25) is 0 Å². The van der Waals surface area contributed by atoms with E-state index in [4.69, 9.17) is 0 Å². The minimum absolute atomic E-state index is 0.0850. The standard InChI is InChI=1S/C9H13F3O2/c10-9(11,12)8(13)14-6-7-4-2-1-3-5-7/h7H,1-6H2. The summed E-state index contributed by atoms with van der Waals surface area (Å²) in [5.74, 6) is -1.95. The van der Waals surface area contributed by atoms with E-state index in [1.807, 2.05) is 0 Å². The summed E-state index contributed by atoms with van der Waals surface area (Å²) in [7, 11) is 0. The van der Waals surface area contributed by atoms with E-state index in [2.05, 4.69) is 4.74 Å². The van der Waals surface area contributed by atoms with E-state index in [0.717, 1.165) is 32.1 Å². The lowest BCUT2D eigenvalue weighted by Crippen LogP contribution is -2.28. The lowest BCUT2D eigenvalue weighted by molar-refractivity contribution is -0.201. The molecule has 0 saturated heterocycles. The molecule has 0 spiro atoms. The average Bonchev–Trinajstić information content (AvgIpc) is 2.14. The molecule has 0 heterocycles. The molecule has 0 atom stereocenters. The topological polar surface area (TPSA) is 26.3 Å². The second-order valence-corrected chi connectivity index (χ2v) is 3.60. The predicted molar refractivity (Wildman–Crippen MR) is 43.6 cm³/mol. The summed E-state index contributed by atoms with van der Waals surface area (Å²) in [6, 6.07) is 0. The van der Waals surface area contributed by atoms with Crippen molar-refractivity contribution in [3.8, 4) is 0 Å². The van der Waals surface area contributed by atoms with Crippen molar-refractivity contribution >= 4 is 5.97 Å². The van der Waals surface area contributed by atoms with Crippen molar-refractivity contribution < 1.29 is 22.7 Å². The lowest BCUT2D eigenvalue weighted by Gasteiger charge is -2.21. The molecule has 82 valence electrons. The van der Waals surface area contributed by atoms with E-state index in [-0.39, 0.29) is 12.5 Å². The van der Waals surface area contributed by atoms with Gasteiger partial charge in [0.25, 0.3) is 0 Å². The fourth-order valence-corrected chi connectivity index (χ4v) is 1.63. The summed E-state index contributed by atoms with van der Waals surface area (Å²) in [4.78, 5) is 10.4. The van der Waals surface area contributed by atoms with Crippen LogP contribution in [0.1, 0.15) is 32.1 Å². The van der Waals surface area contributed by atoms with Gasteiger partial charge in [-0.15, -0.1) is 0 Å². The Kier molecular flexibility index (Phi) is 3.77. The SMILES string of the molecule is O=C(OCC1CCCCC1)C(F)(F)F. The van der Waals surface area contributed by atoms with Crippen molar-refractivity contribution in [1.82, 2.24) is 0 Å². The van der Waals surface area contributed by atoms with Crippen LogP contribution in [0, 0.1) is 5.92 Å². The van der Waals surface area contributed by atoms with Crippen LogP contribution < -0.4 is 0 Å². The molecule has 0 aliphatic heterocycles. The first kappa shape index (κ1) is 11.3. The van der Waals surface area contributed by atoms with E-state index in [0.29, 0.717) is 0 Å². The number of carbonyl (C=O) groups excluding carboxylic acids is 1. The highest BCUT2D eigenvalue weighted by Crippen LogP contribution is 2.25. The highest BCUT2D eigenvalue weighted by molar-refractivity contribution is 5.75. The maximum absolute atomic E-state index is 11.7. The first-order valence-corrected chi connectivity index (χ1v) is 4.74. The van der Waals surface area contributed by atoms with Gasteiger partial charge >= 0.3 is 12.1 Å². The molecule has 1 saturated carbocycles. The van der Waals surface area contributed by atoms with Gasteiger partial charge in [-0.05, 0) is 18.8 Å². The number of ether oxygens (including phenoxy) is 1. The van der Waals surface area contributed by atoms with Crippen LogP contribution in [0.2, 0.25) is 0 Å². The van der Waals surface area contributed by atoms with Gasteiger partial charge in [0.05, 0.1) is 6.61 Å². The molecule has 0 aromatic rings. The van der Waals surface area contributed by atoms with Crippen LogP contribution in [0.15, 0.2) is 0 Å². The molecule has 0 aromatic heterocycles. The summed E-state index contributed by atoms with van der Waals surface area (Å²) < 4.78 is 39.4. The Morgan fingerprint density at radius 1 is 1.21 bits per heavy atom. The first-order valence-electron chi connectivity index (χ1n) is 4.74. The minimum Gasteiger partial charge on any atom is -0.459 e. The fourth-order valence-electron chi connectivity index (χ4n) is 1.63. The number of halogens is 3. The highest BCUT2D eigenvalue weighted by atomic mass is 19.4. The van der Waals surface area contributed by atoms with Crippen LogP contribution in [0.3, 0.4) is 0 Å². The molecule has 0 aromatic carbocycles. The van der Waals surface area contributed by atoms with Crippen LogP contribution in [0.4, 0.5) is 13.2 Å². The zero-order valence-corrected chi connectivity index (χ0v) is 7.77. The van der Waals surface area contributed by atoms with Gasteiger partial charge in [0.1, 0.15) is 0 Å². The molecule has 1 rings (SSSR count). The van der Waals surface area contributed by atoms with Crippen LogP contribution in [-0.4, -0.2) is 18.8 Å². The van der Waals surface area contributed by atoms with E-state index in [9.17, 15) is 18.0 Å². The van der Waals surface area contributed by atoms with Crippen LogP contribution in [0.25, 0.3) is 0 Å². The third-order valence-corrected chi connectivity index (χ3v) is 2.41. The summed E-state index contributed by atoms with van der Waals surface area (Å²) in [5, 5.41) is 0. The number of carbonyl (C=O) groups is 1. The third kappa shape index (κ3) is 3.55. The van der Waals surface area contributed by atoms with Gasteiger partial charge in [0.15, 0.2) is 0 Å². The largest absolute Gasteiger partial charge is 0.490 e. The molecule has 0 amide bonds. The Hall–Kier alpha value is -0.740. The van der Waals surface area contributed by atoms with Crippen molar-refractivity contribution in [3.63, 3.8) is 0 Å². The minimum atomic E-state index is -4.85. The van der Waals surface area contributed by atoms with Gasteiger partial charge in [0.2, 0.25) is 0 Å². The number of hydrogen-bond donors (Lipinski definition) is 0. The summed E-state index contributed by atoms with van der Waals surface area (Å²) in [5.41, 5.74) is 0. The smallest absolute Gasteiger partial charge is 0.459 e. The van der Waals surface area contributed by atoms with Crippen LogP contribution in [-0.2, 0) is 9.53 Å². The van der Waals surface area contributed by atoms with Crippen molar-refractivity contribution in [1.29, 1.82) is 0 Å². The Balaban J connectivity index is 2.22. The molecule has 0 unspecified atom stereocenters. The Morgan fingerprint density at radius 2 is 1.79 bits per heavy atom. The van der Waals surface area contributed by atoms with E-state index in [1.54, 1.807) is 0 Å². The van der Waals surface area contributed by atoms with Gasteiger partial charge in [0, 0.05) is 0 Å². The zero-order chi connectivity index (χ0) is 10.6. The monoisotopic (exact) mass is 210 g/mol. The molecule has 0 bridgehead atoms. The van der Waals surface area contributed by atoms with Crippen molar-refractivity contribution in [3.05, 3.63) is 0 Å². The molecule has 0 radical (unpaired) electrons. The molecular weight excluding hydrogens is 197 g/mol. The average molecular weight is 210 g/mol. The molecule has 14 heavy (non-hydrogen) atoms. The molecule has 0 N–H and O–H groups in total. The quantitative estimate of drug-likeness (QED) is 0.655. The van der Waals surface area contributed by atoms with Crippen molar-refractivity contribution in [2.24, 2.45) is 5.92 Å². The second kappa shape index (κ2) is 4.66. The molecule has 1 fully saturated rings. The number of hydrogen-bond acceptors (Lipinski definition) is 2. The normalized spacial score (nSPS) is 19.4. The Bertz CT molecular complexity index is 195. The van der Waals surface area contributed by atoms with Crippen molar-refractivity contribution in [2.45, 2.75) is 38.3 Å². The summed E-state index contributed by atoms with van der Waals surface area (Å²) in [6.45, 7) is -0.0850.